The molecule has 0 saturated carbocycles. The Morgan fingerprint density at radius 3 is 2.56 bits per heavy atom. The zero-order valence-electron chi connectivity index (χ0n) is 14.4. The number of aromatic hydroxyl groups is 1. The number of hydrogen-bond donors (Lipinski definition) is 1. The van der Waals surface area contributed by atoms with Crippen molar-refractivity contribution in [2.45, 2.75) is 18.9 Å². The highest BCUT2D eigenvalue weighted by Crippen LogP contribution is 2.51. The molecular formula is C20H20O5. The quantitative estimate of drug-likeness (QED) is 0.661. The number of methoxy groups -OCH3 is 2. The lowest BCUT2D eigenvalue weighted by atomic mass is 9.91. The summed E-state index contributed by atoms with van der Waals surface area (Å²) in [6, 6.07) is 9.04. The van der Waals surface area contributed by atoms with Gasteiger partial charge in [0.25, 0.3) is 0 Å². The van der Waals surface area contributed by atoms with Gasteiger partial charge in [0.2, 0.25) is 0 Å². The van der Waals surface area contributed by atoms with Crippen LogP contribution in [-0.4, -0.2) is 25.6 Å². The van der Waals surface area contributed by atoms with Crippen molar-refractivity contribution in [1.82, 2.24) is 0 Å². The van der Waals surface area contributed by atoms with Gasteiger partial charge in [-0.3, -0.25) is 4.79 Å². The first-order valence-electron chi connectivity index (χ1n) is 7.96. The van der Waals surface area contributed by atoms with E-state index in [1.54, 1.807) is 25.3 Å². The van der Waals surface area contributed by atoms with Crippen LogP contribution in [0.1, 0.15) is 35.6 Å². The molecule has 0 radical (unpaired) electrons. The minimum atomic E-state index is -0.219. The van der Waals surface area contributed by atoms with Crippen molar-refractivity contribution in [3.63, 3.8) is 0 Å². The third-order valence-corrected chi connectivity index (χ3v) is 4.41. The molecule has 0 aromatic heterocycles. The fourth-order valence-electron chi connectivity index (χ4n) is 3.13. The summed E-state index contributed by atoms with van der Waals surface area (Å²) in [5, 5.41) is 9.80. The summed E-state index contributed by atoms with van der Waals surface area (Å²) in [6.07, 6.45) is 3.71. The number of carbonyl (C=O) groups excluding carboxylic acids is 1. The first-order valence-corrected chi connectivity index (χ1v) is 7.96. The van der Waals surface area contributed by atoms with Crippen LogP contribution in [0.15, 0.2) is 36.4 Å². The Kier molecular flexibility index (Phi) is 4.65. The van der Waals surface area contributed by atoms with E-state index in [4.69, 9.17) is 14.2 Å². The van der Waals surface area contributed by atoms with Crippen molar-refractivity contribution in [1.29, 1.82) is 0 Å². The van der Waals surface area contributed by atoms with E-state index in [2.05, 4.69) is 6.92 Å². The highest BCUT2D eigenvalue weighted by Gasteiger charge is 2.35. The minimum Gasteiger partial charge on any atom is -0.504 e. The zero-order valence-corrected chi connectivity index (χ0v) is 14.4. The molecular weight excluding hydrogens is 320 g/mol. The van der Waals surface area contributed by atoms with Crippen molar-refractivity contribution in [3.05, 3.63) is 53.1 Å². The monoisotopic (exact) mass is 340 g/mol. The first-order chi connectivity index (χ1) is 12.1. The van der Waals surface area contributed by atoms with Crippen molar-refractivity contribution in [3.8, 4) is 23.0 Å². The van der Waals surface area contributed by atoms with E-state index in [0.717, 1.165) is 23.0 Å². The first kappa shape index (κ1) is 16.9. The minimum absolute atomic E-state index is 0.0720. The molecule has 1 aliphatic rings. The predicted octanol–water partition coefficient (Wildman–Crippen LogP) is 3.86. The highest BCUT2D eigenvalue weighted by atomic mass is 16.5. The molecule has 1 aliphatic heterocycles. The van der Waals surface area contributed by atoms with Crippen molar-refractivity contribution in [2.75, 3.05) is 14.2 Å². The van der Waals surface area contributed by atoms with Crippen molar-refractivity contribution >= 4 is 12.4 Å². The van der Waals surface area contributed by atoms with Crippen molar-refractivity contribution in [2.24, 2.45) is 0 Å². The van der Waals surface area contributed by atoms with Crippen LogP contribution in [0.5, 0.6) is 23.0 Å². The third kappa shape index (κ3) is 3.05. The van der Waals surface area contributed by atoms with Crippen LogP contribution in [0.2, 0.25) is 0 Å². The molecule has 0 aliphatic carbocycles. The molecule has 2 aromatic rings. The second kappa shape index (κ2) is 6.89. The molecule has 130 valence electrons. The van der Waals surface area contributed by atoms with E-state index in [0.29, 0.717) is 17.2 Å². The maximum Gasteiger partial charge on any atom is 0.165 e. The van der Waals surface area contributed by atoms with Crippen LogP contribution >= 0.6 is 0 Å². The van der Waals surface area contributed by atoms with Crippen molar-refractivity contribution < 1.29 is 24.1 Å². The molecule has 3 rings (SSSR count). The lowest BCUT2D eigenvalue weighted by Gasteiger charge is -2.17. The van der Waals surface area contributed by atoms with E-state index in [-0.39, 0.29) is 17.8 Å². The van der Waals surface area contributed by atoms with Gasteiger partial charge in [-0.1, -0.05) is 19.1 Å². The van der Waals surface area contributed by atoms with Gasteiger partial charge in [0.05, 0.1) is 14.2 Å². The normalized spacial score (nSPS) is 18.7. The fraction of sp³-hybridized carbons (Fsp3) is 0.250. The molecule has 0 saturated heterocycles. The Morgan fingerprint density at radius 1 is 1.12 bits per heavy atom. The topological polar surface area (TPSA) is 65.0 Å². The molecule has 1 heterocycles. The predicted molar refractivity (Wildman–Crippen MR) is 94.5 cm³/mol. The van der Waals surface area contributed by atoms with Crippen LogP contribution in [0, 0.1) is 0 Å². The Balaban J connectivity index is 2.01. The molecule has 5 heteroatoms. The zero-order chi connectivity index (χ0) is 18.0. The standard InChI is InChI=1S/C20H20O5/c1-12-15-9-13(5-4-8-21)10-18(24-3)20(15)25-19(12)14-6-7-16(22)17(11-14)23-2/h4-12,19,22H,1-3H3/t12-,19+/m0/s1. The van der Waals surface area contributed by atoms with E-state index >= 15 is 0 Å². The summed E-state index contributed by atoms with van der Waals surface area (Å²) in [7, 11) is 3.11. The van der Waals surface area contributed by atoms with E-state index in [1.165, 1.54) is 13.2 Å². The summed E-state index contributed by atoms with van der Waals surface area (Å²) < 4.78 is 16.8. The summed E-state index contributed by atoms with van der Waals surface area (Å²) in [6.45, 7) is 2.07. The smallest absolute Gasteiger partial charge is 0.165 e. The maximum absolute atomic E-state index is 10.6. The van der Waals surface area contributed by atoms with E-state index < -0.39 is 0 Å². The Hall–Kier alpha value is -2.95. The number of ether oxygens (including phenoxy) is 3. The summed E-state index contributed by atoms with van der Waals surface area (Å²) in [4.78, 5) is 10.6. The largest absolute Gasteiger partial charge is 0.504 e. The Labute approximate surface area is 146 Å². The maximum atomic E-state index is 10.6. The number of aldehydes is 1. The van der Waals surface area contributed by atoms with Gasteiger partial charge in [0, 0.05) is 11.5 Å². The highest BCUT2D eigenvalue weighted by molar-refractivity contribution is 5.75. The molecule has 25 heavy (non-hydrogen) atoms. The van der Waals surface area contributed by atoms with Crippen LogP contribution in [-0.2, 0) is 4.79 Å². The molecule has 5 nitrogen and oxygen atoms in total. The van der Waals surface area contributed by atoms with Crippen LogP contribution < -0.4 is 14.2 Å². The van der Waals surface area contributed by atoms with Gasteiger partial charge < -0.3 is 19.3 Å². The number of hydrogen-bond acceptors (Lipinski definition) is 5. The molecule has 0 bridgehead atoms. The molecule has 1 N–H and O–H groups in total. The molecule has 0 unspecified atom stereocenters. The SMILES string of the molecule is COc1cc([C@@H]2Oc3c(OC)cc(C=CC=O)cc3[C@@H]2C)ccc1O. The van der Waals surface area contributed by atoms with Gasteiger partial charge in [-0.2, -0.15) is 0 Å². The van der Waals surface area contributed by atoms with Gasteiger partial charge in [-0.15, -0.1) is 0 Å². The lowest BCUT2D eigenvalue weighted by molar-refractivity contribution is -0.104. The number of carbonyl (C=O) groups is 1. The van der Waals surface area contributed by atoms with Crippen LogP contribution in [0.25, 0.3) is 6.08 Å². The Bertz CT molecular complexity index is 825. The van der Waals surface area contributed by atoms with E-state index in [1.807, 2.05) is 18.2 Å². The number of fused-ring (bicyclic) bond motifs is 1. The molecule has 0 spiro atoms. The lowest BCUT2D eigenvalue weighted by Crippen LogP contribution is -2.07. The van der Waals surface area contributed by atoms with Crippen LogP contribution in [0.3, 0.4) is 0 Å². The molecule has 0 amide bonds. The van der Waals surface area contributed by atoms with Gasteiger partial charge in [-0.05, 0) is 41.5 Å². The second-order valence-corrected chi connectivity index (χ2v) is 5.90. The third-order valence-electron chi connectivity index (χ3n) is 4.41. The Morgan fingerprint density at radius 2 is 1.88 bits per heavy atom. The average molecular weight is 340 g/mol. The van der Waals surface area contributed by atoms with Gasteiger partial charge >= 0.3 is 0 Å². The number of benzene rings is 2. The number of phenolic OH excluding ortho intramolecular Hbond substituents is 1. The number of phenols is 1. The summed E-state index contributed by atoms with van der Waals surface area (Å²) in [5.41, 5.74) is 2.80. The average Bonchev–Trinajstić information content (AvgIpc) is 2.96. The summed E-state index contributed by atoms with van der Waals surface area (Å²) in [5.74, 6) is 1.90. The molecule has 2 aromatic carbocycles. The number of allylic oxidation sites excluding steroid dienone is 1. The van der Waals surface area contributed by atoms with Gasteiger partial charge in [0.1, 0.15) is 12.4 Å². The second-order valence-electron chi connectivity index (χ2n) is 5.90. The van der Waals surface area contributed by atoms with E-state index in [9.17, 15) is 9.90 Å². The van der Waals surface area contributed by atoms with Crippen LogP contribution in [0.4, 0.5) is 0 Å². The molecule has 2 atom stereocenters. The van der Waals surface area contributed by atoms with Gasteiger partial charge in [0.15, 0.2) is 23.0 Å². The summed E-state index contributed by atoms with van der Waals surface area (Å²) >= 11 is 0. The van der Waals surface area contributed by atoms with Gasteiger partial charge in [-0.25, -0.2) is 0 Å². The fourth-order valence-corrected chi connectivity index (χ4v) is 3.13. The molecule has 0 fully saturated rings. The number of rotatable bonds is 5.